The summed E-state index contributed by atoms with van der Waals surface area (Å²) in [5.41, 5.74) is -1.37. The second-order valence-electron chi connectivity index (χ2n) is 2.85. The fraction of sp³-hybridized carbons (Fsp3) is 1.00. The van der Waals surface area contributed by atoms with Gasteiger partial charge in [-0.3, -0.25) is 0 Å². The van der Waals surface area contributed by atoms with E-state index in [2.05, 4.69) is 0 Å². The van der Waals surface area contributed by atoms with Gasteiger partial charge >= 0.3 is 0 Å². The van der Waals surface area contributed by atoms with Crippen LogP contribution in [0.1, 0.15) is 13.8 Å². The predicted octanol–water partition coefficient (Wildman–Crippen LogP) is -1.53. The zero-order chi connectivity index (χ0) is 8.36. The van der Waals surface area contributed by atoms with Gasteiger partial charge in [-0.15, -0.1) is 0 Å². The van der Waals surface area contributed by atoms with E-state index in [1.54, 1.807) is 0 Å². The van der Waals surface area contributed by atoms with E-state index in [0.29, 0.717) is 0 Å². The standard InChI is InChI=1S/C6H14O4/c1-6(2,10)5(9)4(8)3-7/h4-5,7-10H,3H2,1-2H3. The molecule has 0 fully saturated rings. The third-order valence-electron chi connectivity index (χ3n) is 1.28. The van der Waals surface area contributed by atoms with Gasteiger partial charge in [0.05, 0.1) is 12.2 Å². The Bertz CT molecular complexity index is 96.4. The molecule has 4 heteroatoms. The molecule has 2 atom stereocenters. The molecule has 0 rings (SSSR count). The van der Waals surface area contributed by atoms with Gasteiger partial charge in [0.25, 0.3) is 0 Å². The van der Waals surface area contributed by atoms with Gasteiger partial charge in [-0.1, -0.05) is 0 Å². The third-order valence-corrected chi connectivity index (χ3v) is 1.28. The van der Waals surface area contributed by atoms with Gasteiger partial charge in [-0.05, 0) is 13.8 Å². The van der Waals surface area contributed by atoms with E-state index in [1.165, 1.54) is 13.8 Å². The van der Waals surface area contributed by atoms with E-state index in [-0.39, 0.29) is 0 Å². The lowest BCUT2D eigenvalue weighted by Gasteiger charge is -2.27. The van der Waals surface area contributed by atoms with Gasteiger partial charge < -0.3 is 20.4 Å². The Hall–Kier alpha value is -0.160. The summed E-state index contributed by atoms with van der Waals surface area (Å²) >= 11 is 0. The molecule has 0 aliphatic carbocycles. The quantitative estimate of drug-likeness (QED) is 0.393. The summed E-state index contributed by atoms with van der Waals surface area (Å²) in [6.07, 6.45) is -2.59. The van der Waals surface area contributed by atoms with E-state index in [4.69, 9.17) is 20.4 Å². The molecule has 62 valence electrons. The maximum absolute atomic E-state index is 9.07. The molecule has 0 heterocycles. The molecule has 0 radical (unpaired) electrons. The van der Waals surface area contributed by atoms with Crippen molar-refractivity contribution in [2.75, 3.05) is 6.61 Å². The topological polar surface area (TPSA) is 80.9 Å². The van der Waals surface area contributed by atoms with Crippen LogP contribution in [-0.2, 0) is 0 Å². The lowest BCUT2D eigenvalue weighted by atomic mass is 9.97. The summed E-state index contributed by atoms with van der Waals surface area (Å²) in [5.74, 6) is 0. The van der Waals surface area contributed by atoms with Crippen molar-refractivity contribution in [3.8, 4) is 0 Å². The zero-order valence-corrected chi connectivity index (χ0v) is 6.15. The minimum atomic E-state index is -1.37. The molecular weight excluding hydrogens is 136 g/mol. The monoisotopic (exact) mass is 150 g/mol. The first-order valence-electron chi connectivity index (χ1n) is 3.09. The molecule has 0 amide bonds. The van der Waals surface area contributed by atoms with Crippen LogP contribution < -0.4 is 0 Å². The summed E-state index contributed by atoms with van der Waals surface area (Å²) in [7, 11) is 0. The zero-order valence-electron chi connectivity index (χ0n) is 6.15. The molecule has 0 aromatic carbocycles. The molecule has 4 N–H and O–H groups in total. The first-order chi connectivity index (χ1) is 4.39. The number of hydrogen-bond acceptors (Lipinski definition) is 4. The molecule has 2 unspecified atom stereocenters. The van der Waals surface area contributed by atoms with Crippen LogP contribution in [0.3, 0.4) is 0 Å². The highest BCUT2D eigenvalue weighted by Gasteiger charge is 2.30. The number of hydrogen-bond donors (Lipinski definition) is 4. The molecule has 0 spiro atoms. The van der Waals surface area contributed by atoms with Crippen LogP contribution in [0.5, 0.6) is 0 Å². The maximum Gasteiger partial charge on any atom is 0.110 e. The van der Waals surface area contributed by atoms with Crippen molar-refractivity contribution in [1.82, 2.24) is 0 Å². The largest absolute Gasteiger partial charge is 0.394 e. The van der Waals surface area contributed by atoms with Crippen molar-refractivity contribution in [3.05, 3.63) is 0 Å². The lowest BCUT2D eigenvalue weighted by Crippen LogP contribution is -2.46. The molecule has 4 nitrogen and oxygen atoms in total. The molecule has 0 saturated carbocycles. The second kappa shape index (κ2) is 3.30. The summed E-state index contributed by atoms with van der Waals surface area (Å²) < 4.78 is 0. The van der Waals surface area contributed by atoms with Crippen LogP contribution in [-0.4, -0.2) is 44.8 Å². The fourth-order valence-electron chi connectivity index (χ4n) is 0.571. The molecular formula is C6H14O4. The van der Waals surface area contributed by atoms with E-state index in [9.17, 15) is 0 Å². The summed E-state index contributed by atoms with van der Waals surface area (Å²) in [6.45, 7) is 2.16. The lowest BCUT2D eigenvalue weighted by molar-refractivity contribution is -0.117. The Morgan fingerprint density at radius 2 is 1.70 bits per heavy atom. The van der Waals surface area contributed by atoms with E-state index in [0.717, 1.165) is 0 Å². The van der Waals surface area contributed by atoms with Crippen LogP contribution in [0.4, 0.5) is 0 Å². The summed E-state index contributed by atoms with van der Waals surface area (Å²) in [4.78, 5) is 0. The van der Waals surface area contributed by atoms with Crippen LogP contribution in [0.2, 0.25) is 0 Å². The molecule has 0 bridgehead atoms. The van der Waals surface area contributed by atoms with Crippen molar-refractivity contribution < 1.29 is 20.4 Å². The molecule has 10 heavy (non-hydrogen) atoms. The van der Waals surface area contributed by atoms with Crippen LogP contribution >= 0.6 is 0 Å². The smallest absolute Gasteiger partial charge is 0.110 e. The minimum absolute atomic E-state index is 0.550. The minimum Gasteiger partial charge on any atom is -0.394 e. The van der Waals surface area contributed by atoms with E-state index in [1.807, 2.05) is 0 Å². The van der Waals surface area contributed by atoms with E-state index < -0.39 is 24.4 Å². The summed E-state index contributed by atoms with van der Waals surface area (Å²) in [5, 5.41) is 35.2. The maximum atomic E-state index is 9.07. The molecule has 0 aromatic heterocycles. The van der Waals surface area contributed by atoms with Gasteiger partial charge in [0.2, 0.25) is 0 Å². The molecule has 0 aromatic rings. The highest BCUT2D eigenvalue weighted by molar-refractivity contribution is 4.81. The van der Waals surface area contributed by atoms with Crippen molar-refractivity contribution in [2.45, 2.75) is 31.7 Å². The fourth-order valence-corrected chi connectivity index (χ4v) is 0.571. The van der Waals surface area contributed by atoms with Gasteiger partial charge in [-0.25, -0.2) is 0 Å². The van der Waals surface area contributed by atoms with E-state index >= 15 is 0 Å². The number of rotatable bonds is 3. The van der Waals surface area contributed by atoms with Crippen molar-refractivity contribution in [1.29, 1.82) is 0 Å². The van der Waals surface area contributed by atoms with Gasteiger partial charge in [0.1, 0.15) is 12.2 Å². The van der Waals surface area contributed by atoms with Crippen molar-refractivity contribution >= 4 is 0 Å². The predicted molar refractivity (Wildman–Crippen MR) is 35.4 cm³/mol. The van der Waals surface area contributed by atoms with Crippen LogP contribution in [0.15, 0.2) is 0 Å². The Morgan fingerprint density at radius 1 is 1.30 bits per heavy atom. The Morgan fingerprint density at radius 3 is 1.80 bits per heavy atom. The first kappa shape index (κ1) is 9.84. The second-order valence-corrected chi connectivity index (χ2v) is 2.85. The Kier molecular flexibility index (Phi) is 3.24. The Balaban J connectivity index is 3.94. The number of aliphatic hydroxyl groups is 4. The van der Waals surface area contributed by atoms with Crippen LogP contribution in [0.25, 0.3) is 0 Å². The van der Waals surface area contributed by atoms with Crippen molar-refractivity contribution in [3.63, 3.8) is 0 Å². The van der Waals surface area contributed by atoms with Crippen LogP contribution in [0, 0.1) is 0 Å². The normalized spacial score (nSPS) is 18.6. The van der Waals surface area contributed by atoms with Crippen molar-refractivity contribution in [2.24, 2.45) is 0 Å². The third kappa shape index (κ3) is 2.62. The molecule has 0 saturated heterocycles. The summed E-state index contributed by atoms with van der Waals surface area (Å²) in [6, 6.07) is 0. The Labute approximate surface area is 59.7 Å². The average Bonchev–Trinajstić information content (AvgIpc) is 1.83. The van der Waals surface area contributed by atoms with Gasteiger partial charge in [0.15, 0.2) is 0 Å². The highest BCUT2D eigenvalue weighted by atomic mass is 16.4. The molecule has 0 aliphatic heterocycles. The first-order valence-corrected chi connectivity index (χ1v) is 3.09. The highest BCUT2D eigenvalue weighted by Crippen LogP contribution is 2.11. The SMILES string of the molecule is CC(C)(O)C(O)C(O)CO. The van der Waals surface area contributed by atoms with Gasteiger partial charge in [0, 0.05) is 0 Å². The van der Waals surface area contributed by atoms with Gasteiger partial charge in [-0.2, -0.15) is 0 Å². The average molecular weight is 150 g/mol. The number of aliphatic hydroxyl groups excluding tert-OH is 3. The molecule has 0 aliphatic rings.